The van der Waals surface area contributed by atoms with Gasteiger partial charge in [-0.3, -0.25) is 0 Å². The first kappa shape index (κ1) is 13.1. The number of benzene rings is 1. The van der Waals surface area contributed by atoms with E-state index >= 15 is 0 Å². The molecule has 0 radical (unpaired) electrons. The number of aromatic hydroxyl groups is 1. The molecule has 4 nitrogen and oxygen atoms in total. The Kier molecular flexibility index (Phi) is 3.83. The van der Waals surface area contributed by atoms with E-state index in [1.807, 2.05) is 12.1 Å². The van der Waals surface area contributed by atoms with Gasteiger partial charge in [0.25, 0.3) is 0 Å². The third-order valence-electron chi connectivity index (χ3n) is 2.53. The third-order valence-corrected chi connectivity index (χ3v) is 3.43. The Morgan fingerprint density at radius 2 is 2.11 bits per heavy atom. The Morgan fingerprint density at radius 3 is 2.68 bits per heavy atom. The van der Waals surface area contributed by atoms with E-state index < -0.39 is 5.97 Å². The molecular formula is C14H11NO3S. The van der Waals surface area contributed by atoms with Crippen molar-refractivity contribution in [1.29, 1.82) is 5.26 Å². The molecule has 0 aliphatic carbocycles. The predicted molar refractivity (Wildman–Crippen MR) is 72.1 cm³/mol. The van der Waals surface area contributed by atoms with Gasteiger partial charge in [0.1, 0.15) is 16.5 Å². The van der Waals surface area contributed by atoms with Crippen LogP contribution in [0.15, 0.2) is 30.3 Å². The van der Waals surface area contributed by atoms with Crippen LogP contribution in [0.2, 0.25) is 0 Å². The summed E-state index contributed by atoms with van der Waals surface area (Å²) in [4.78, 5) is 12.2. The number of nitriles is 1. The first-order chi connectivity index (χ1) is 9.19. The number of hydrogen-bond donors (Lipinski definition) is 1. The molecule has 0 saturated carbocycles. The third kappa shape index (κ3) is 2.44. The fourth-order valence-electron chi connectivity index (χ4n) is 1.77. The standard InChI is InChI=1S/C14H11NO3S/c1-2-18-13(16)12-11(9-6-4-3-5-7-9)10(8-15)19-14(12)17/h3-7,17H,2H2,1H3. The summed E-state index contributed by atoms with van der Waals surface area (Å²) in [5, 5.41) is 18.8. The smallest absolute Gasteiger partial charge is 0.343 e. The second-order valence-corrected chi connectivity index (χ2v) is 4.68. The van der Waals surface area contributed by atoms with Crippen LogP contribution >= 0.6 is 11.3 Å². The van der Waals surface area contributed by atoms with E-state index in [1.54, 1.807) is 31.2 Å². The molecule has 0 aliphatic heterocycles. The molecule has 1 aromatic heterocycles. The SMILES string of the molecule is CCOC(=O)c1c(O)sc(C#N)c1-c1ccccc1. The highest BCUT2D eigenvalue weighted by atomic mass is 32.1. The highest BCUT2D eigenvalue weighted by Crippen LogP contribution is 2.40. The minimum Gasteiger partial charge on any atom is -0.499 e. The largest absolute Gasteiger partial charge is 0.499 e. The second kappa shape index (κ2) is 5.55. The molecule has 1 aromatic carbocycles. The predicted octanol–water partition coefficient (Wildman–Crippen LogP) is 3.17. The lowest BCUT2D eigenvalue weighted by Crippen LogP contribution is -2.05. The molecule has 96 valence electrons. The summed E-state index contributed by atoms with van der Waals surface area (Å²) < 4.78 is 4.93. The van der Waals surface area contributed by atoms with Gasteiger partial charge in [0.05, 0.1) is 6.61 Å². The van der Waals surface area contributed by atoms with Gasteiger partial charge in [-0.25, -0.2) is 4.79 Å². The van der Waals surface area contributed by atoms with E-state index in [1.165, 1.54) is 0 Å². The van der Waals surface area contributed by atoms with E-state index in [0.29, 0.717) is 16.0 Å². The van der Waals surface area contributed by atoms with Crippen molar-refractivity contribution in [3.05, 3.63) is 40.8 Å². The molecule has 0 spiro atoms. The highest BCUT2D eigenvalue weighted by molar-refractivity contribution is 7.15. The van der Waals surface area contributed by atoms with Gasteiger partial charge in [0, 0.05) is 5.56 Å². The number of rotatable bonds is 3. The minimum atomic E-state index is -0.614. The van der Waals surface area contributed by atoms with Crippen molar-refractivity contribution in [3.63, 3.8) is 0 Å². The van der Waals surface area contributed by atoms with Crippen LogP contribution in [0, 0.1) is 11.3 Å². The number of hydrogen-bond acceptors (Lipinski definition) is 5. The average Bonchev–Trinajstić information content (AvgIpc) is 2.77. The molecule has 1 heterocycles. The van der Waals surface area contributed by atoms with E-state index in [9.17, 15) is 9.90 Å². The van der Waals surface area contributed by atoms with Crippen molar-refractivity contribution in [2.45, 2.75) is 6.92 Å². The number of carbonyl (C=O) groups is 1. The number of thiophene rings is 1. The Bertz CT molecular complexity index is 641. The summed E-state index contributed by atoms with van der Waals surface area (Å²) in [6.45, 7) is 1.90. The molecule has 2 aromatic rings. The molecule has 0 bridgehead atoms. The topological polar surface area (TPSA) is 70.3 Å². The van der Waals surface area contributed by atoms with Crippen molar-refractivity contribution in [3.8, 4) is 22.3 Å². The van der Waals surface area contributed by atoms with Gasteiger partial charge in [-0.1, -0.05) is 41.7 Å². The molecule has 0 aliphatic rings. The summed E-state index contributed by atoms with van der Waals surface area (Å²) in [5.41, 5.74) is 1.21. The summed E-state index contributed by atoms with van der Waals surface area (Å²) >= 11 is 0.884. The zero-order valence-electron chi connectivity index (χ0n) is 10.2. The van der Waals surface area contributed by atoms with Gasteiger partial charge in [-0.05, 0) is 12.5 Å². The molecule has 0 fully saturated rings. The van der Waals surface area contributed by atoms with E-state index in [-0.39, 0.29) is 17.2 Å². The van der Waals surface area contributed by atoms with Gasteiger partial charge in [-0.15, -0.1) is 0 Å². The fourth-order valence-corrected chi connectivity index (χ4v) is 2.62. The van der Waals surface area contributed by atoms with Crippen LogP contribution in [0.5, 0.6) is 5.06 Å². The Labute approximate surface area is 114 Å². The summed E-state index contributed by atoms with van der Waals surface area (Å²) in [7, 11) is 0. The number of ether oxygens (including phenoxy) is 1. The van der Waals surface area contributed by atoms with Crippen LogP contribution in [0.4, 0.5) is 0 Å². The summed E-state index contributed by atoms with van der Waals surface area (Å²) in [5.74, 6) is -0.614. The minimum absolute atomic E-state index is 0.0644. The lowest BCUT2D eigenvalue weighted by molar-refractivity contribution is 0.0525. The molecule has 0 unspecified atom stereocenters. The van der Waals surface area contributed by atoms with Crippen LogP contribution in [-0.2, 0) is 4.74 Å². The Hall–Kier alpha value is -2.32. The fraction of sp³-hybridized carbons (Fsp3) is 0.143. The monoisotopic (exact) mass is 273 g/mol. The first-order valence-corrected chi connectivity index (χ1v) is 6.49. The van der Waals surface area contributed by atoms with Crippen LogP contribution in [-0.4, -0.2) is 17.7 Å². The molecule has 2 rings (SSSR count). The van der Waals surface area contributed by atoms with Gasteiger partial charge in [0.2, 0.25) is 0 Å². The van der Waals surface area contributed by atoms with Crippen molar-refractivity contribution in [2.75, 3.05) is 6.61 Å². The number of carbonyl (C=O) groups excluding carboxylic acids is 1. The summed E-state index contributed by atoms with van der Waals surface area (Å²) in [6, 6.07) is 11.0. The molecule has 0 amide bonds. The van der Waals surface area contributed by atoms with E-state index in [4.69, 9.17) is 10.00 Å². The molecule has 0 saturated heterocycles. The normalized spacial score (nSPS) is 9.89. The molecule has 0 atom stereocenters. The highest BCUT2D eigenvalue weighted by Gasteiger charge is 2.25. The lowest BCUT2D eigenvalue weighted by atomic mass is 10.0. The maximum absolute atomic E-state index is 11.9. The van der Waals surface area contributed by atoms with Gasteiger partial charge < -0.3 is 9.84 Å². The van der Waals surface area contributed by atoms with Crippen LogP contribution in [0.3, 0.4) is 0 Å². The quantitative estimate of drug-likeness (QED) is 0.872. The average molecular weight is 273 g/mol. The van der Waals surface area contributed by atoms with Gasteiger partial charge in [0.15, 0.2) is 5.06 Å². The lowest BCUT2D eigenvalue weighted by Gasteiger charge is -2.05. The molecule has 1 N–H and O–H groups in total. The van der Waals surface area contributed by atoms with Gasteiger partial charge in [-0.2, -0.15) is 5.26 Å². The maximum atomic E-state index is 11.9. The van der Waals surface area contributed by atoms with Crippen molar-refractivity contribution < 1.29 is 14.6 Å². The van der Waals surface area contributed by atoms with Crippen molar-refractivity contribution in [2.24, 2.45) is 0 Å². The molecule has 5 heteroatoms. The van der Waals surface area contributed by atoms with Crippen molar-refractivity contribution in [1.82, 2.24) is 0 Å². The number of nitrogens with zero attached hydrogens (tertiary/aromatic N) is 1. The van der Waals surface area contributed by atoms with Crippen LogP contribution in [0.25, 0.3) is 11.1 Å². The maximum Gasteiger partial charge on any atom is 0.343 e. The van der Waals surface area contributed by atoms with Crippen molar-refractivity contribution >= 4 is 17.3 Å². The van der Waals surface area contributed by atoms with Crippen LogP contribution < -0.4 is 0 Å². The van der Waals surface area contributed by atoms with Gasteiger partial charge >= 0.3 is 5.97 Å². The molecule has 19 heavy (non-hydrogen) atoms. The van der Waals surface area contributed by atoms with E-state index in [2.05, 4.69) is 0 Å². The van der Waals surface area contributed by atoms with E-state index in [0.717, 1.165) is 11.3 Å². The first-order valence-electron chi connectivity index (χ1n) is 5.67. The summed E-state index contributed by atoms with van der Waals surface area (Å²) in [6.07, 6.45) is 0. The molecular weight excluding hydrogens is 262 g/mol. The zero-order chi connectivity index (χ0) is 13.8. The Balaban J connectivity index is 2.64. The number of esters is 1. The second-order valence-electron chi connectivity index (χ2n) is 3.68. The van der Waals surface area contributed by atoms with Crippen LogP contribution in [0.1, 0.15) is 22.2 Å². The zero-order valence-corrected chi connectivity index (χ0v) is 11.0. The Morgan fingerprint density at radius 1 is 1.42 bits per heavy atom.